The quantitative estimate of drug-likeness (QED) is 0.683. The topological polar surface area (TPSA) is 15.7 Å². The Morgan fingerprint density at radius 2 is 1.81 bits per heavy atom. The SMILES string of the molecule is COCCCN1CCCN(C(C)(C)C)CC1. The van der Waals surface area contributed by atoms with Crippen molar-refractivity contribution in [3.8, 4) is 0 Å². The average molecular weight is 228 g/mol. The van der Waals surface area contributed by atoms with Crippen molar-refractivity contribution in [1.29, 1.82) is 0 Å². The van der Waals surface area contributed by atoms with Gasteiger partial charge in [-0.1, -0.05) is 0 Å². The summed E-state index contributed by atoms with van der Waals surface area (Å²) in [5.41, 5.74) is 0.322. The molecule has 0 aromatic carbocycles. The molecule has 3 nitrogen and oxygen atoms in total. The molecular weight excluding hydrogens is 200 g/mol. The molecule has 16 heavy (non-hydrogen) atoms. The zero-order valence-corrected chi connectivity index (χ0v) is 11.5. The molecule has 3 heteroatoms. The van der Waals surface area contributed by atoms with Crippen LogP contribution < -0.4 is 0 Å². The van der Waals surface area contributed by atoms with E-state index in [1.165, 1.54) is 39.1 Å². The van der Waals surface area contributed by atoms with Crippen molar-refractivity contribution >= 4 is 0 Å². The van der Waals surface area contributed by atoms with Gasteiger partial charge >= 0.3 is 0 Å². The summed E-state index contributed by atoms with van der Waals surface area (Å²) in [4.78, 5) is 5.17. The minimum absolute atomic E-state index is 0.322. The van der Waals surface area contributed by atoms with E-state index >= 15 is 0 Å². The summed E-state index contributed by atoms with van der Waals surface area (Å²) in [5, 5.41) is 0. The molecule has 0 aromatic heterocycles. The number of ether oxygens (including phenoxy) is 1. The summed E-state index contributed by atoms with van der Waals surface area (Å²) in [6.45, 7) is 13.9. The normalized spacial score (nSPS) is 21.0. The molecule has 0 saturated carbocycles. The minimum atomic E-state index is 0.322. The Bertz CT molecular complexity index is 189. The van der Waals surface area contributed by atoms with Gasteiger partial charge in [0, 0.05) is 38.9 Å². The third-order valence-corrected chi connectivity index (χ3v) is 3.36. The van der Waals surface area contributed by atoms with Gasteiger partial charge in [0.2, 0.25) is 0 Å². The van der Waals surface area contributed by atoms with E-state index in [4.69, 9.17) is 4.74 Å². The second kappa shape index (κ2) is 6.58. The van der Waals surface area contributed by atoms with E-state index in [0.717, 1.165) is 13.0 Å². The van der Waals surface area contributed by atoms with Crippen LogP contribution in [0.3, 0.4) is 0 Å². The van der Waals surface area contributed by atoms with Crippen molar-refractivity contribution in [1.82, 2.24) is 9.80 Å². The van der Waals surface area contributed by atoms with E-state index < -0.39 is 0 Å². The average Bonchev–Trinajstić information content (AvgIpc) is 2.43. The molecule has 1 aliphatic heterocycles. The number of rotatable bonds is 4. The summed E-state index contributed by atoms with van der Waals surface area (Å²) < 4.78 is 5.10. The summed E-state index contributed by atoms with van der Waals surface area (Å²) in [5.74, 6) is 0. The van der Waals surface area contributed by atoms with Gasteiger partial charge in [-0.3, -0.25) is 4.90 Å². The lowest BCUT2D eigenvalue weighted by Gasteiger charge is -2.34. The molecule has 96 valence electrons. The lowest BCUT2D eigenvalue weighted by Crippen LogP contribution is -2.43. The molecule has 0 bridgehead atoms. The zero-order valence-electron chi connectivity index (χ0n) is 11.5. The molecule has 0 radical (unpaired) electrons. The van der Waals surface area contributed by atoms with Crippen LogP contribution in [0.25, 0.3) is 0 Å². The highest BCUT2D eigenvalue weighted by Gasteiger charge is 2.23. The first-order chi connectivity index (χ1) is 7.54. The van der Waals surface area contributed by atoms with Crippen LogP contribution >= 0.6 is 0 Å². The molecule has 0 atom stereocenters. The maximum atomic E-state index is 5.10. The van der Waals surface area contributed by atoms with Crippen molar-refractivity contribution in [2.24, 2.45) is 0 Å². The van der Waals surface area contributed by atoms with Crippen molar-refractivity contribution in [2.75, 3.05) is 46.4 Å². The predicted octanol–water partition coefficient (Wildman–Crippen LogP) is 1.83. The van der Waals surface area contributed by atoms with E-state index in [1.54, 1.807) is 7.11 Å². The van der Waals surface area contributed by atoms with Crippen molar-refractivity contribution in [3.05, 3.63) is 0 Å². The summed E-state index contributed by atoms with van der Waals surface area (Å²) in [7, 11) is 1.78. The first-order valence-electron chi connectivity index (χ1n) is 6.50. The largest absolute Gasteiger partial charge is 0.385 e. The molecule has 1 fully saturated rings. The molecule has 0 aromatic rings. The third-order valence-electron chi connectivity index (χ3n) is 3.36. The van der Waals surface area contributed by atoms with Gasteiger partial charge in [0.15, 0.2) is 0 Å². The maximum Gasteiger partial charge on any atom is 0.0474 e. The molecule has 1 aliphatic rings. The van der Waals surface area contributed by atoms with E-state index in [2.05, 4.69) is 30.6 Å². The van der Waals surface area contributed by atoms with Gasteiger partial charge in [-0.2, -0.15) is 0 Å². The third kappa shape index (κ3) is 4.81. The number of methoxy groups -OCH3 is 1. The summed E-state index contributed by atoms with van der Waals surface area (Å²) in [6, 6.07) is 0. The van der Waals surface area contributed by atoms with Crippen molar-refractivity contribution in [2.45, 2.75) is 39.2 Å². The number of hydrogen-bond donors (Lipinski definition) is 0. The fourth-order valence-electron chi connectivity index (χ4n) is 2.30. The van der Waals surface area contributed by atoms with E-state index in [0.29, 0.717) is 5.54 Å². The van der Waals surface area contributed by atoms with Crippen LogP contribution in [-0.4, -0.2) is 61.8 Å². The van der Waals surface area contributed by atoms with Gasteiger partial charge in [0.25, 0.3) is 0 Å². The molecule has 0 aliphatic carbocycles. The van der Waals surface area contributed by atoms with Crippen molar-refractivity contribution < 1.29 is 4.74 Å². The molecular formula is C13H28N2O. The molecule has 0 N–H and O–H groups in total. The van der Waals surface area contributed by atoms with Crippen LogP contribution in [0.2, 0.25) is 0 Å². The second-order valence-corrected chi connectivity index (χ2v) is 5.70. The van der Waals surface area contributed by atoms with Crippen LogP contribution in [0.15, 0.2) is 0 Å². The second-order valence-electron chi connectivity index (χ2n) is 5.70. The van der Waals surface area contributed by atoms with E-state index in [1.807, 2.05) is 0 Å². The van der Waals surface area contributed by atoms with Crippen molar-refractivity contribution in [3.63, 3.8) is 0 Å². The highest BCUT2D eigenvalue weighted by molar-refractivity contribution is 4.80. The molecule has 1 heterocycles. The zero-order chi connectivity index (χ0) is 12.0. The first kappa shape index (κ1) is 13.9. The first-order valence-corrected chi connectivity index (χ1v) is 6.50. The Morgan fingerprint density at radius 3 is 2.44 bits per heavy atom. The fourth-order valence-corrected chi connectivity index (χ4v) is 2.30. The monoisotopic (exact) mass is 228 g/mol. The summed E-state index contributed by atoms with van der Waals surface area (Å²) in [6.07, 6.45) is 2.45. The minimum Gasteiger partial charge on any atom is -0.385 e. The van der Waals surface area contributed by atoms with Gasteiger partial charge in [-0.15, -0.1) is 0 Å². The number of hydrogen-bond acceptors (Lipinski definition) is 3. The number of nitrogens with zero attached hydrogens (tertiary/aromatic N) is 2. The molecule has 0 amide bonds. The lowest BCUT2D eigenvalue weighted by atomic mass is 10.1. The highest BCUT2D eigenvalue weighted by atomic mass is 16.5. The van der Waals surface area contributed by atoms with Crippen LogP contribution in [-0.2, 0) is 4.74 Å². The molecule has 1 saturated heterocycles. The van der Waals surface area contributed by atoms with Gasteiger partial charge < -0.3 is 9.64 Å². The predicted molar refractivity (Wildman–Crippen MR) is 68.9 cm³/mol. The molecule has 1 rings (SSSR count). The highest BCUT2D eigenvalue weighted by Crippen LogP contribution is 2.15. The Morgan fingerprint density at radius 1 is 1.06 bits per heavy atom. The van der Waals surface area contributed by atoms with Crippen LogP contribution in [0, 0.1) is 0 Å². The Kier molecular flexibility index (Phi) is 5.73. The lowest BCUT2D eigenvalue weighted by molar-refractivity contribution is 0.137. The Labute approximate surface area is 101 Å². The standard InChI is InChI=1S/C13H28N2O/c1-13(2,3)15-9-5-7-14(10-11-15)8-6-12-16-4/h5-12H2,1-4H3. The van der Waals surface area contributed by atoms with E-state index in [9.17, 15) is 0 Å². The summed E-state index contributed by atoms with van der Waals surface area (Å²) >= 11 is 0. The Hall–Kier alpha value is -0.120. The molecule has 0 spiro atoms. The van der Waals surface area contributed by atoms with Crippen LogP contribution in [0.1, 0.15) is 33.6 Å². The van der Waals surface area contributed by atoms with Gasteiger partial charge in [0.05, 0.1) is 0 Å². The fraction of sp³-hybridized carbons (Fsp3) is 1.00. The van der Waals surface area contributed by atoms with Gasteiger partial charge in [-0.05, 0) is 46.7 Å². The Balaban J connectivity index is 2.29. The van der Waals surface area contributed by atoms with Crippen LogP contribution in [0.4, 0.5) is 0 Å². The maximum absolute atomic E-state index is 5.10. The van der Waals surface area contributed by atoms with E-state index in [-0.39, 0.29) is 0 Å². The van der Waals surface area contributed by atoms with Gasteiger partial charge in [0.1, 0.15) is 0 Å². The molecule has 0 unspecified atom stereocenters. The van der Waals surface area contributed by atoms with Gasteiger partial charge in [-0.25, -0.2) is 0 Å². The smallest absolute Gasteiger partial charge is 0.0474 e. The van der Waals surface area contributed by atoms with Crippen LogP contribution in [0.5, 0.6) is 0 Å².